The Balaban J connectivity index is 1.70. The number of sulfonamides is 1. The molecule has 1 amide bonds. The van der Waals surface area contributed by atoms with Crippen molar-refractivity contribution in [2.24, 2.45) is 0 Å². The van der Waals surface area contributed by atoms with Gasteiger partial charge in [-0.05, 0) is 43.9 Å². The molecule has 1 aromatic carbocycles. The number of hydrogen-bond acceptors (Lipinski definition) is 5. The number of aromatic nitrogens is 1. The van der Waals surface area contributed by atoms with Gasteiger partial charge in [-0.3, -0.25) is 4.79 Å². The van der Waals surface area contributed by atoms with Gasteiger partial charge in [0.1, 0.15) is 5.76 Å². The number of oxazole rings is 1. The van der Waals surface area contributed by atoms with E-state index >= 15 is 0 Å². The molecule has 1 saturated heterocycles. The van der Waals surface area contributed by atoms with Crippen LogP contribution in [-0.2, 0) is 16.4 Å². The number of nitrogens with zero attached hydrogens (tertiary/aromatic N) is 3. The highest BCUT2D eigenvalue weighted by molar-refractivity contribution is 7.89. The second-order valence-corrected chi connectivity index (χ2v) is 9.27. The molecule has 2 aromatic rings. The maximum absolute atomic E-state index is 12.9. The highest BCUT2D eigenvalue weighted by Crippen LogP contribution is 2.31. The van der Waals surface area contributed by atoms with Crippen molar-refractivity contribution in [3.8, 4) is 0 Å². The first-order valence-corrected chi connectivity index (χ1v) is 11.0. The minimum atomic E-state index is -3.50. The molecule has 3 rings (SSSR count). The maximum atomic E-state index is 12.9. The van der Waals surface area contributed by atoms with Gasteiger partial charge < -0.3 is 9.32 Å². The van der Waals surface area contributed by atoms with E-state index in [1.165, 1.54) is 9.21 Å². The monoisotopic (exact) mass is 405 g/mol. The summed E-state index contributed by atoms with van der Waals surface area (Å²) < 4.78 is 33.0. The van der Waals surface area contributed by atoms with Gasteiger partial charge in [0.05, 0.1) is 4.90 Å². The highest BCUT2D eigenvalue weighted by Gasteiger charge is 2.32. The average Bonchev–Trinajstić information content (AvgIpc) is 3.09. The number of benzene rings is 1. The molecule has 2 heterocycles. The van der Waals surface area contributed by atoms with E-state index in [0.717, 1.165) is 12.0 Å². The van der Waals surface area contributed by atoms with Crippen LogP contribution in [0.5, 0.6) is 0 Å². The van der Waals surface area contributed by atoms with Gasteiger partial charge in [-0.2, -0.15) is 4.31 Å². The lowest BCUT2D eigenvalue weighted by Crippen LogP contribution is -2.38. The van der Waals surface area contributed by atoms with Crippen LogP contribution in [0.1, 0.15) is 53.4 Å². The Hall–Kier alpha value is -2.19. The summed E-state index contributed by atoms with van der Waals surface area (Å²) in [6, 6.07) is 7.07. The standard InChI is InChI=1S/C20H27N3O4S/c1-5-15-6-8-17(9-7-15)28(25,26)23-12-10-16(11-13-23)19-21-18(14(2)27-19)20(24)22(3)4/h6-9,16H,5,10-13H2,1-4H3. The van der Waals surface area contributed by atoms with Crippen molar-refractivity contribution in [1.82, 2.24) is 14.2 Å². The Morgan fingerprint density at radius 3 is 2.36 bits per heavy atom. The predicted octanol–water partition coefficient (Wildman–Crippen LogP) is 2.82. The molecule has 1 aromatic heterocycles. The third-order valence-electron chi connectivity index (χ3n) is 5.19. The second kappa shape index (κ2) is 8.05. The van der Waals surface area contributed by atoms with Crippen LogP contribution in [0.25, 0.3) is 0 Å². The molecule has 0 atom stereocenters. The Labute approximate surface area is 166 Å². The normalized spacial score (nSPS) is 16.3. The van der Waals surface area contributed by atoms with E-state index < -0.39 is 10.0 Å². The fourth-order valence-corrected chi connectivity index (χ4v) is 4.86. The molecule has 0 unspecified atom stereocenters. The van der Waals surface area contributed by atoms with Crippen LogP contribution in [0.4, 0.5) is 0 Å². The van der Waals surface area contributed by atoms with Gasteiger partial charge in [-0.15, -0.1) is 0 Å². The van der Waals surface area contributed by atoms with E-state index in [0.29, 0.717) is 48.2 Å². The van der Waals surface area contributed by atoms with E-state index in [2.05, 4.69) is 4.98 Å². The van der Waals surface area contributed by atoms with Crippen LogP contribution in [0.15, 0.2) is 33.6 Å². The molecule has 0 aliphatic carbocycles. The first-order chi connectivity index (χ1) is 13.2. The molecule has 0 spiro atoms. The minimum Gasteiger partial charge on any atom is -0.445 e. The van der Waals surface area contributed by atoms with Crippen molar-refractivity contribution in [2.75, 3.05) is 27.2 Å². The minimum absolute atomic E-state index is 0.0105. The molecule has 0 N–H and O–H groups in total. The summed E-state index contributed by atoms with van der Waals surface area (Å²) in [7, 11) is -0.152. The summed E-state index contributed by atoms with van der Waals surface area (Å²) in [6.45, 7) is 4.57. The number of amides is 1. The average molecular weight is 406 g/mol. The Morgan fingerprint density at radius 1 is 1.21 bits per heavy atom. The summed E-state index contributed by atoms with van der Waals surface area (Å²) in [5.41, 5.74) is 1.44. The quantitative estimate of drug-likeness (QED) is 0.764. The number of carbonyl (C=O) groups excluding carboxylic acids is 1. The molecular weight excluding hydrogens is 378 g/mol. The Bertz CT molecular complexity index is 940. The largest absolute Gasteiger partial charge is 0.445 e. The lowest BCUT2D eigenvalue weighted by atomic mass is 9.98. The van der Waals surface area contributed by atoms with Gasteiger partial charge in [-0.1, -0.05) is 19.1 Å². The van der Waals surface area contributed by atoms with Gasteiger partial charge in [0.15, 0.2) is 11.6 Å². The molecule has 0 bridgehead atoms. The van der Waals surface area contributed by atoms with Gasteiger partial charge in [0.25, 0.3) is 5.91 Å². The first kappa shape index (κ1) is 20.5. The van der Waals surface area contributed by atoms with Crippen LogP contribution < -0.4 is 0 Å². The summed E-state index contributed by atoms with van der Waals surface area (Å²) in [4.78, 5) is 18.4. The van der Waals surface area contributed by atoms with Gasteiger partial charge >= 0.3 is 0 Å². The Morgan fingerprint density at radius 2 is 1.82 bits per heavy atom. The molecular formula is C20H27N3O4S. The van der Waals surface area contributed by atoms with Crippen LogP contribution in [-0.4, -0.2) is 55.7 Å². The van der Waals surface area contributed by atoms with Crippen molar-refractivity contribution in [2.45, 2.75) is 43.9 Å². The highest BCUT2D eigenvalue weighted by atomic mass is 32.2. The van der Waals surface area contributed by atoms with Crippen molar-refractivity contribution < 1.29 is 17.6 Å². The molecule has 1 aliphatic heterocycles. The SMILES string of the molecule is CCc1ccc(S(=O)(=O)N2CCC(c3nc(C(=O)N(C)C)c(C)o3)CC2)cc1. The molecule has 152 valence electrons. The zero-order chi connectivity index (χ0) is 20.5. The van der Waals surface area contributed by atoms with Crippen molar-refractivity contribution in [3.05, 3.63) is 47.2 Å². The molecule has 1 aliphatic rings. The smallest absolute Gasteiger partial charge is 0.275 e. The summed E-state index contributed by atoms with van der Waals surface area (Å²) in [5.74, 6) is 0.839. The van der Waals surface area contributed by atoms with E-state index in [1.807, 2.05) is 19.1 Å². The van der Waals surface area contributed by atoms with E-state index in [9.17, 15) is 13.2 Å². The van der Waals surface area contributed by atoms with E-state index in [1.54, 1.807) is 33.2 Å². The molecule has 0 radical (unpaired) electrons. The van der Waals surface area contributed by atoms with E-state index in [-0.39, 0.29) is 11.8 Å². The van der Waals surface area contributed by atoms with Crippen molar-refractivity contribution >= 4 is 15.9 Å². The zero-order valence-electron chi connectivity index (χ0n) is 16.8. The number of carbonyl (C=O) groups is 1. The lowest BCUT2D eigenvalue weighted by Gasteiger charge is -2.29. The third-order valence-corrected chi connectivity index (χ3v) is 7.11. The summed E-state index contributed by atoms with van der Waals surface area (Å²) in [6.07, 6.45) is 2.10. The number of rotatable bonds is 5. The lowest BCUT2D eigenvalue weighted by molar-refractivity contribution is 0.0821. The topological polar surface area (TPSA) is 83.7 Å². The molecule has 1 fully saturated rings. The first-order valence-electron chi connectivity index (χ1n) is 9.52. The second-order valence-electron chi connectivity index (χ2n) is 7.33. The molecule has 28 heavy (non-hydrogen) atoms. The fourth-order valence-electron chi connectivity index (χ4n) is 3.39. The van der Waals surface area contributed by atoms with Crippen molar-refractivity contribution in [3.63, 3.8) is 0 Å². The number of piperidine rings is 1. The number of aryl methyl sites for hydroxylation is 2. The third kappa shape index (κ3) is 3.98. The van der Waals surface area contributed by atoms with Crippen LogP contribution in [0.3, 0.4) is 0 Å². The maximum Gasteiger partial charge on any atom is 0.275 e. The van der Waals surface area contributed by atoms with Crippen LogP contribution in [0.2, 0.25) is 0 Å². The van der Waals surface area contributed by atoms with Crippen LogP contribution >= 0.6 is 0 Å². The van der Waals surface area contributed by atoms with Gasteiger partial charge in [0, 0.05) is 33.1 Å². The van der Waals surface area contributed by atoms with Gasteiger partial charge in [-0.25, -0.2) is 13.4 Å². The zero-order valence-corrected chi connectivity index (χ0v) is 17.6. The molecule has 7 nitrogen and oxygen atoms in total. The summed E-state index contributed by atoms with van der Waals surface area (Å²) in [5, 5.41) is 0. The predicted molar refractivity (Wildman–Crippen MR) is 106 cm³/mol. The molecule has 0 saturated carbocycles. The van der Waals surface area contributed by atoms with Gasteiger partial charge in [0.2, 0.25) is 10.0 Å². The van der Waals surface area contributed by atoms with Crippen LogP contribution in [0, 0.1) is 6.92 Å². The number of hydrogen-bond donors (Lipinski definition) is 0. The van der Waals surface area contributed by atoms with Crippen molar-refractivity contribution in [1.29, 1.82) is 0 Å². The summed E-state index contributed by atoms with van der Waals surface area (Å²) >= 11 is 0. The molecule has 8 heteroatoms. The Kier molecular flexibility index (Phi) is 5.90. The fraction of sp³-hybridized carbons (Fsp3) is 0.500. The van der Waals surface area contributed by atoms with E-state index in [4.69, 9.17) is 4.42 Å².